The average molecular weight is 152 g/mol. The zero-order valence-electron chi connectivity index (χ0n) is 5.26. The summed E-state index contributed by atoms with van der Waals surface area (Å²) >= 11 is 5.70. The predicted molar refractivity (Wildman–Crippen MR) is 42.6 cm³/mol. The van der Waals surface area contributed by atoms with Crippen molar-refractivity contribution in [1.82, 2.24) is 5.32 Å². The lowest BCUT2D eigenvalue weighted by Gasteiger charge is -1.91. The second-order valence-electron chi connectivity index (χ2n) is 2.21. The normalized spacial score (nSPS) is 13.9. The molecule has 50 valence electrons. The minimum atomic E-state index is 0.782. The SMILES string of the molecule is Clc1ccc(C2=CN2)cc1. The van der Waals surface area contributed by atoms with Crippen molar-refractivity contribution < 1.29 is 0 Å². The van der Waals surface area contributed by atoms with Crippen molar-refractivity contribution in [3.8, 4) is 0 Å². The molecule has 1 aliphatic rings. The Morgan fingerprint density at radius 1 is 1.10 bits per heavy atom. The van der Waals surface area contributed by atoms with E-state index >= 15 is 0 Å². The highest BCUT2D eigenvalue weighted by Crippen LogP contribution is 2.20. The number of benzene rings is 1. The lowest BCUT2D eigenvalue weighted by atomic mass is 10.2. The molecule has 0 unspecified atom stereocenters. The number of nitrogens with one attached hydrogen (secondary N) is 1. The molecule has 1 aromatic carbocycles. The largest absolute Gasteiger partial charge is 0.358 e. The van der Waals surface area contributed by atoms with Crippen molar-refractivity contribution >= 4 is 17.3 Å². The van der Waals surface area contributed by atoms with E-state index in [1.807, 2.05) is 30.5 Å². The first kappa shape index (κ1) is 5.81. The van der Waals surface area contributed by atoms with Gasteiger partial charge in [-0.25, -0.2) is 0 Å². The van der Waals surface area contributed by atoms with Crippen LogP contribution in [0, 0.1) is 0 Å². The summed E-state index contributed by atoms with van der Waals surface area (Å²) in [5, 5.41) is 3.80. The Hall–Kier alpha value is -0.950. The van der Waals surface area contributed by atoms with Gasteiger partial charge in [0.2, 0.25) is 0 Å². The molecule has 1 nitrogen and oxygen atoms in total. The van der Waals surface area contributed by atoms with E-state index < -0.39 is 0 Å². The molecule has 1 N–H and O–H groups in total. The molecule has 0 bridgehead atoms. The van der Waals surface area contributed by atoms with E-state index in [1.54, 1.807) is 0 Å². The summed E-state index contributed by atoms with van der Waals surface area (Å²) in [5.74, 6) is 0. The predicted octanol–water partition coefficient (Wildman–Crippen LogP) is 2.24. The average Bonchev–Trinajstić information content (AvgIpc) is 2.71. The zero-order valence-corrected chi connectivity index (χ0v) is 6.02. The van der Waals surface area contributed by atoms with Crippen molar-refractivity contribution in [2.45, 2.75) is 0 Å². The van der Waals surface area contributed by atoms with Gasteiger partial charge in [0.15, 0.2) is 0 Å². The summed E-state index contributed by atoms with van der Waals surface area (Å²) in [6.45, 7) is 0. The first-order valence-corrected chi connectivity index (χ1v) is 3.47. The number of hydrogen-bond donors (Lipinski definition) is 1. The molecule has 0 spiro atoms. The maximum Gasteiger partial charge on any atom is 0.0617 e. The van der Waals surface area contributed by atoms with Gasteiger partial charge >= 0.3 is 0 Å². The van der Waals surface area contributed by atoms with Crippen LogP contribution < -0.4 is 5.32 Å². The molecular weight excluding hydrogens is 146 g/mol. The third kappa shape index (κ3) is 1.00. The topological polar surface area (TPSA) is 21.9 Å². The van der Waals surface area contributed by atoms with E-state index in [0.717, 1.165) is 5.02 Å². The maximum absolute atomic E-state index is 5.70. The van der Waals surface area contributed by atoms with Crippen LogP contribution in [0.2, 0.25) is 5.02 Å². The molecule has 0 radical (unpaired) electrons. The number of hydrogen-bond acceptors (Lipinski definition) is 1. The monoisotopic (exact) mass is 151 g/mol. The maximum atomic E-state index is 5.70. The van der Waals surface area contributed by atoms with Crippen LogP contribution in [0.15, 0.2) is 30.5 Å². The van der Waals surface area contributed by atoms with E-state index in [0.29, 0.717) is 0 Å². The Balaban J connectivity index is 2.37. The van der Waals surface area contributed by atoms with Crippen LogP contribution in [0.5, 0.6) is 0 Å². The van der Waals surface area contributed by atoms with Gasteiger partial charge in [-0.1, -0.05) is 23.7 Å². The molecule has 10 heavy (non-hydrogen) atoms. The van der Waals surface area contributed by atoms with E-state index in [4.69, 9.17) is 11.6 Å². The van der Waals surface area contributed by atoms with Crippen molar-refractivity contribution in [1.29, 1.82) is 0 Å². The van der Waals surface area contributed by atoms with Gasteiger partial charge in [0.05, 0.1) is 5.70 Å². The fraction of sp³-hybridized carbons (Fsp3) is 0. The van der Waals surface area contributed by atoms with Gasteiger partial charge in [0, 0.05) is 11.2 Å². The Labute approximate surface area is 64.3 Å². The Morgan fingerprint density at radius 3 is 2.20 bits per heavy atom. The lowest BCUT2D eigenvalue weighted by Crippen LogP contribution is -1.78. The number of rotatable bonds is 1. The highest BCUT2D eigenvalue weighted by molar-refractivity contribution is 6.30. The molecule has 2 heteroatoms. The van der Waals surface area contributed by atoms with E-state index in [2.05, 4.69) is 5.32 Å². The molecule has 0 atom stereocenters. The Kier molecular flexibility index (Phi) is 1.18. The van der Waals surface area contributed by atoms with Crippen LogP contribution in [-0.4, -0.2) is 0 Å². The summed E-state index contributed by atoms with van der Waals surface area (Å²) < 4.78 is 0. The molecule has 0 saturated heterocycles. The summed E-state index contributed by atoms with van der Waals surface area (Å²) in [6.07, 6.45) is 1.96. The number of halogens is 1. The highest BCUT2D eigenvalue weighted by Gasteiger charge is 2.07. The van der Waals surface area contributed by atoms with Crippen LogP contribution >= 0.6 is 11.6 Å². The van der Waals surface area contributed by atoms with Crippen LogP contribution in [0.25, 0.3) is 5.70 Å². The molecule has 0 aliphatic carbocycles. The van der Waals surface area contributed by atoms with Crippen LogP contribution in [0.1, 0.15) is 5.56 Å². The third-order valence-corrected chi connectivity index (χ3v) is 1.70. The summed E-state index contributed by atoms with van der Waals surface area (Å²) in [6, 6.07) is 7.76. The van der Waals surface area contributed by atoms with E-state index in [-0.39, 0.29) is 0 Å². The Morgan fingerprint density at radius 2 is 1.70 bits per heavy atom. The summed E-state index contributed by atoms with van der Waals surface area (Å²) in [7, 11) is 0. The van der Waals surface area contributed by atoms with Gasteiger partial charge in [-0.15, -0.1) is 0 Å². The van der Waals surface area contributed by atoms with Gasteiger partial charge in [-0.3, -0.25) is 0 Å². The molecule has 0 saturated carbocycles. The first-order valence-electron chi connectivity index (χ1n) is 3.09. The molecule has 0 fully saturated rings. The van der Waals surface area contributed by atoms with Crippen molar-refractivity contribution in [2.75, 3.05) is 0 Å². The second-order valence-corrected chi connectivity index (χ2v) is 2.65. The first-order chi connectivity index (χ1) is 4.86. The quantitative estimate of drug-likeness (QED) is 0.654. The van der Waals surface area contributed by atoms with Gasteiger partial charge in [-0.05, 0) is 17.7 Å². The van der Waals surface area contributed by atoms with Crippen molar-refractivity contribution in [3.63, 3.8) is 0 Å². The van der Waals surface area contributed by atoms with Gasteiger partial charge in [0.1, 0.15) is 0 Å². The summed E-state index contributed by atoms with van der Waals surface area (Å²) in [4.78, 5) is 0. The summed E-state index contributed by atoms with van der Waals surface area (Å²) in [5.41, 5.74) is 2.39. The van der Waals surface area contributed by atoms with Crippen molar-refractivity contribution in [2.24, 2.45) is 0 Å². The molecule has 0 amide bonds. The van der Waals surface area contributed by atoms with E-state index in [1.165, 1.54) is 11.3 Å². The Bertz CT molecular complexity index is 274. The molecule has 1 aromatic rings. The minimum Gasteiger partial charge on any atom is -0.358 e. The lowest BCUT2D eigenvalue weighted by molar-refractivity contribution is 1.44. The van der Waals surface area contributed by atoms with Crippen LogP contribution in [-0.2, 0) is 0 Å². The zero-order chi connectivity index (χ0) is 6.97. The van der Waals surface area contributed by atoms with Crippen LogP contribution in [0.3, 0.4) is 0 Å². The van der Waals surface area contributed by atoms with E-state index in [9.17, 15) is 0 Å². The molecule has 1 heterocycles. The van der Waals surface area contributed by atoms with Crippen molar-refractivity contribution in [3.05, 3.63) is 41.1 Å². The smallest absolute Gasteiger partial charge is 0.0617 e. The van der Waals surface area contributed by atoms with Gasteiger partial charge in [0.25, 0.3) is 0 Å². The standard InChI is InChI=1S/C8H6ClN/c9-7-3-1-6(2-4-7)8-5-10-8/h1-5,10H. The minimum absolute atomic E-state index is 0.782. The highest BCUT2D eigenvalue weighted by atomic mass is 35.5. The second kappa shape index (κ2) is 2.03. The molecule has 1 aliphatic heterocycles. The fourth-order valence-corrected chi connectivity index (χ4v) is 0.958. The van der Waals surface area contributed by atoms with Gasteiger partial charge < -0.3 is 5.32 Å². The molecule has 2 rings (SSSR count). The molecular formula is C8H6ClN. The van der Waals surface area contributed by atoms with Gasteiger partial charge in [-0.2, -0.15) is 0 Å². The molecule has 0 aromatic heterocycles. The third-order valence-electron chi connectivity index (χ3n) is 1.44. The fourth-order valence-electron chi connectivity index (χ4n) is 0.832. The van der Waals surface area contributed by atoms with Crippen LogP contribution in [0.4, 0.5) is 0 Å².